The van der Waals surface area contributed by atoms with Crippen molar-refractivity contribution in [3.63, 3.8) is 0 Å². The monoisotopic (exact) mass is 293 g/mol. The number of nitrogens with zero attached hydrogens (tertiary/aromatic N) is 2. The van der Waals surface area contributed by atoms with Crippen LogP contribution >= 0.6 is 0 Å². The number of carbonyl (C=O) groups excluding carboxylic acids is 1. The van der Waals surface area contributed by atoms with Crippen LogP contribution in [0.5, 0.6) is 0 Å². The van der Waals surface area contributed by atoms with Crippen molar-refractivity contribution in [1.82, 2.24) is 15.5 Å². The molecule has 1 aromatic heterocycles. The standard InChI is InChI=1S/C15H23N3O3/c19-12(16-10-15(20)8-1-2-9-15)4-3-5-13-17-14(18-21-13)11-6-7-11/h11,20H,1-10H2,(H,16,19). The largest absolute Gasteiger partial charge is 0.388 e. The zero-order chi connectivity index (χ0) is 14.7. The van der Waals surface area contributed by atoms with Gasteiger partial charge in [0.25, 0.3) is 0 Å². The zero-order valence-electron chi connectivity index (χ0n) is 12.3. The Labute approximate surface area is 124 Å². The first-order chi connectivity index (χ1) is 10.1. The van der Waals surface area contributed by atoms with Gasteiger partial charge in [0.15, 0.2) is 5.82 Å². The topological polar surface area (TPSA) is 88.2 Å². The summed E-state index contributed by atoms with van der Waals surface area (Å²) in [6.07, 6.45) is 7.75. The molecule has 0 bridgehead atoms. The lowest BCUT2D eigenvalue weighted by Gasteiger charge is -2.22. The van der Waals surface area contributed by atoms with Crippen molar-refractivity contribution in [2.45, 2.75) is 69.3 Å². The summed E-state index contributed by atoms with van der Waals surface area (Å²) in [4.78, 5) is 16.1. The fraction of sp³-hybridized carbons (Fsp3) is 0.800. The lowest BCUT2D eigenvalue weighted by Crippen LogP contribution is -2.40. The molecule has 0 saturated heterocycles. The second-order valence-electron chi connectivity index (χ2n) is 6.38. The minimum Gasteiger partial charge on any atom is -0.388 e. The molecule has 0 spiro atoms. The highest BCUT2D eigenvalue weighted by atomic mass is 16.5. The van der Waals surface area contributed by atoms with E-state index in [-0.39, 0.29) is 5.91 Å². The molecule has 0 aliphatic heterocycles. The van der Waals surface area contributed by atoms with Gasteiger partial charge >= 0.3 is 0 Å². The van der Waals surface area contributed by atoms with Gasteiger partial charge in [-0.3, -0.25) is 4.79 Å². The second-order valence-corrected chi connectivity index (χ2v) is 6.38. The van der Waals surface area contributed by atoms with Gasteiger partial charge in [0.05, 0.1) is 5.60 Å². The van der Waals surface area contributed by atoms with Crippen molar-refractivity contribution in [2.24, 2.45) is 0 Å². The quantitative estimate of drug-likeness (QED) is 0.798. The molecular weight excluding hydrogens is 270 g/mol. The van der Waals surface area contributed by atoms with Gasteiger partial charge in [-0.25, -0.2) is 0 Å². The molecule has 0 aromatic carbocycles. The lowest BCUT2D eigenvalue weighted by molar-refractivity contribution is -0.122. The Morgan fingerprint density at radius 2 is 2.14 bits per heavy atom. The Hall–Kier alpha value is -1.43. The van der Waals surface area contributed by atoms with Gasteiger partial charge in [-0.05, 0) is 32.1 Å². The zero-order valence-corrected chi connectivity index (χ0v) is 12.3. The van der Waals surface area contributed by atoms with Crippen LogP contribution in [0.1, 0.15) is 69.0 Å². The van der Waals surface area contributed by atoms with Crippen LogP contribution in [-0.4, -0.2) is 33.3 Å². The minimum atomic E-state index is -0.679. The molecule has 2 saturated carbocycles. The van der Waals surface area contributed by atoms with E-state index in [0.29, 0.717) is 37.6 Å². The van der Waals surface area contributed by atoms with E-state index >= 15 is 0 Å². The van der Waals surface area contributed by atoms with E-state index in [1.165, 1.54) is 0 Å². The smallest absolute Gasteiger partial charge is 0.226 e. The lowest BCUT2D eigenvalue weighted by atomic mass is 10.0. The fourth-order valence-corrected chi connectivity index (χ4v) is 2.84. The van der Waals surface area contributed by atoms with E-state index in [1.54, 1.807) is 0 Å². The maximum atomic E-state index is 11.8. The van der Waals surface area contributed by atoms with E-state index in [0.717, 1.165) is 44.3 Å². The Morgan fingerprint density at radius 1 is 1.38 bits per heavy atom. The molecular formula is C15H23N3O3. The molecule has 1 heterocycles. The number of hydrogen-bond acceptors (Lipinski definition) is 5. The summed E-state index contributed by atoms with van der Waals surface area (Å²) in [7, 11) is 0. The van der Waals surface area contributed by atoms with Gasteiger partial charge in [-0.2, -0.15) is 4.98 Å². The van der Waals surface area contributed by atoms with Crippen molar-refractivity contribution in [1.29, 1.82) is 0 Å². The SMILES string of the molecule is O=C(CCCc1nc(C2CC2)no1)NCC1(O)CCCC1. The highest BCUT2D eigenvalue weighted by Gasteiger charge is 2.31. The number of rotatable bonds is 7. The summed E-state index contributed by atoms with van der Waals surface area (Å²) >= 11 is 0. The molecule has 6 heteroatoms. The molecule has 116 valence electrons. The Balaban J connectivity index is 1.33. The van der Waals surface area contributed by atoms with Crippen LogP contribution in [0.4, 0.5) is 0 Å². The molecule has 2 fully saturated rings. The van der Waals surface area contributed by atoms with Crippen molar-refractivity contribution in [3.8, 4) is 0 Å². The predicted molar refractivity (Wildman–Crippen MR) is 75.6 cm³/mol. The maximum Gasteiger partial charge on any atom is 0.226 e. The molecule has 2 aliphatic carbocycles. The van der Waals surface area contributed by atoms with Crippen LogP contribution in [0.3, 0.4) is 0 Å². The molecule has 2 aliphatic rings. The van der Waals surface area contributed by atoms with Crippen molar-refractivity contribution < 1.29 is 14.4 Å². The van der Waals surface area contributed by atoms with Crippen LogP contribution in [0.2, 0.25) is 0 Å². The van der Waals surface area contributed by atoms with Crippen LogP contribution in [-0.2, 0) is 11.2 Å². The second kappa shape index (κ2) is 6.13. The molecule has 1 aromatic rings. The number of carbonyl (C=O) groups is 1. The highest BCUT2D eigenvalue weighted by molar-refractivity contribution is 5.75. The number of amides is 1. The number of aromatic nitrogens is 2. The summed E-state index contributed by atoms with van der Waals surface area (Å²) in [6, 6.07) is 0. The Morgan fingerprint density at radius 3 is 2.86 bits per heavy atom. The number of hydrogen-bond donors (Lipinski definition) is 2. The van der Waals surface area contributed by atoms with Crippen molar-refractivity contribution >= 4 is 5.91 Å². The van der Waals surface area contributed by atoms with E-state index in [2.05, 4.69) is 15.5 Å². The average molecular weight is 293 g/mol. The number of aryl methyl sites for hydroxylation is 1. The Bertz CT molecular complexity index is 490. The van der Waals surface area contributed by atoms with Gasteiger partial charge in [-0.15, -0.1) is 0 Å². The highest BCUT2D eigenvalue weighted by Crippen LogP contribution is 2.38. The third kappa shape index (κ3) is 4.03. The first-order valence-corrected chi connectivity index (χ1v) is 7.96. The number of nitrogens with one attached hydrogen (secondary N) is 1. The summed E-state index contributed by atoms with van der Waals surface area (Å²) in [5.74, 6) is 1.92. The Kier molecular flexibility index (Phi) is 4.24. The first-order valence-electron chi connectivity index (χ1n) is 7.96. The molecule has 21 heavy (non-hydrogen) atoms. The van der Waals surface area contributed by atoms with Gasteiger partial charge in [0.2, 0.25) is 11.8 Å². The molecule has 2 N–H and O–H groups in total. The third-order valence-electron chi connectivity index (χ3n) is 4.37. The van der Waals surface area contributed by atoms with E-state index < -0.39 is 5.60 Å². The van der Waals surface area contributed by atoms with Crippen molar-refractivity contribution in [3.05, 3.63) is 11.7 Å². The first kappa shape index (κ1) is 14.5. The molecule has 0 unspecified atom stereocenters. The summed E-state index contributed by atoms with van der Waals surface area (Å²) in [5.41, 5.74) is -0.679. The predicted octanol–water partition coefficient (Wildman–Crippen LogP) is 1.69. The summed E-state index contributed by atoms with van der Waals surface area (Å²) < 4.78 is 5.17. The van der Waals surface area contributed by atoms with Crippen molar-refractivity contribution in [2.75, 3.05) is 6.54 Å². The molecule has 0 radical (unpaired) electrons. The van der Waals surface area contributed by atoms with Gasteiger partial charge in [-0.1, -0.05) is 18.0 Å². The van der Waals surface area contributed by atoms with Gasteiger partial charge in [0, 0.05) is 25.3 Å². The third-order valence-corrected chi connectivity index (χ3v) is 4.37. The van der Waals surface area contributed by atoms with Crippen LogP contribution < -0.4 is 5.32 Å². The minimum absolute atomic E-state index is 0.0164. The fourth-order valence-electron chi connectivity index (χ4n) is 2.84. The molecule has 6 nitrogen and oxygen atoms in total. The van der Waals surface area contributed by atoms with E-state index in [9.17, 15) is 9.90 Å². The number of aliphatic hydroxyl groups is 1. The average Bonchev–Trinajstić information content (AvgIpc) is 3.06. The molecule has 0 atom stereocenters. The summed E-state index contributed by atoms with van der Waals surface area (Å²) in [5, 5.41) is 16.9. The van der Waals surface area contributed by atoms with Gasteiger partial charge in [0.1, 0.15) is 0 Å². The van der Waals surface area contributed by atoms with Gasteiger partial charge < -0.3 is 14.9 Å². The van der Waals surface area contributed by atoms with Crippen LogP contribution in [0.25, 0.3) is 0 Å². The molecule has 3 rings (SSSR count). The normalized spacial score (nSPS) is 20.6. The van der Waals surface area contributed by atoms with Crippen LogP contribution in [0, 0.1) is 0 Å². The summed E-state index contributed by atoms with van der Waals surface area (Å²) in [6.45, 7) is 0.373. The van der Waals surface area contributed by atoms with Crippen LogP contribution in [0.15, 0.2) is 4.52 Å². The maximum absolute atomic E-state index is 11.8. The molecule has 1 amide bonds. The van der Waals surface area contributed by atoms with E-state index in [1.807, 2.05) is 0 Å². The van der Waals surface area contributed by atoms with E-state index in [4.69, 9.17) is 4.52 Å².